The SMILES string of the molecule is CCCCCCCC/C=C\CCCCCCCC(=O)OC(COC(=O)CCCCCCCCCCCCCCC)COC(=O)CCCCCCCCCCCCCCCCCCCCCCC. The van der Waals surface area contributed by atoms with E-state index in [1.54, 1.807) is 0 Å². The van der Waals surface area contributed by atoms with E-state index in [9.17, 15) is 14.4 Å². The molecule has 0 rings (SSSR count). The third-order valence-corrected chi connectivity index (χ3v) is 13.8. The second-order valence-electron chi connectivity index (χ2n) is 20.6. The summed E-state index contributed by atoms with van der Waals surface area (Å²) in [6.45, 7) is 6.69. The molecule has 0 spiro atoms. The number of rotatable bonds is 56. The molecule has 396 valence electrons. The minimum absolute atomic E-state index is 0.0672. The largest absolute Gasteiger partial charge is 0.462 e. The Kier molecular flexibility index (Phi) is 55.2. The molecule has 0 saturated carbocycles. The van der Waals surface area contributed by atoms with Crippen molar-refractivity contribution in [3.8, 4) is 0 Å². The van der Waals surface area contributed by atoms with E-state index in [1.807, 2.05) is 0 Å². The van der Waals surface area contributed by atoms with Gasteiger partial charge in [-0.3, -0.25) is 14.4 Å². The molecule has 0 N–H and O–H groups in total. The molecule has 0 heterocycles. The van der Waals surface area contributed by atoms with Crippen LogP contribution in [0.15, 0.2) is 12.2 Å². The minimum atomic E-state index is -0.769. The topological polar surface area (TPSA) is 78.9 Å². The van der Waals surface area contributed by atoms with E-state index in [1.165, 1.54) is 238 Å². The van der Waals surface area contributed by atoms with E-state index in [0.29, 0.717) is 19.3 Å². The van der Waals surface area contributed by atoms with Crippen LogP contribution in [0.1, 0.15) is 342 Å². The smallest absolute Gasteiger partial charge is 0.306 e. The molecule has 0 aromatic rings. The number of ether oxygens (including phenoxy) is 3. The number of unbranched alkanes of at least 4 members (excludes halogenated alkanes) is 43. The zero-order chi connectivity index (χ0) is 48.6. The summed E-state index contributed by atoms with van der Waals surface area (Å²) >= 11 is 0. The summed E-state index contributed by atoms with van der Waals surface area (Å²) in [4.78, 5) is 38.2. The van der Waals surface area contributed by atoms with Crippen molar-refractivity contribution in [2.45, 2.75) is 348 Å². The molecule has 6 heteroatoms. The summed E-state index contributed by atoms with van der Waals surface area (Å²) in [6.07, 6.45) is 64.9. The zero-order valence-corrected chi connectivity index (χ0v) is 45.5. The first-order valence-corrected chi connectivity index (χ1v) is 30.2. The number of carbonyl (C=O) groups excluding carboxylic acids is 3. The zero-order valence-electron chi connectivity index (χ0n) is 45.5. The van der Waals surface area contributed by atoms with Crippen LogP contribution in [-0.4, -0.2) is 37.2 Å². The van der Waals surface area contributed by atoms with Gasteiger partial charge >= 0.3 is 17.9 Å². The predicted molar refractivity (Wildman–Crippen MR) is 289 cm³/mol. The maximum Gasteiger partial charge on any atom is 0.306 e. The van der Waals surface area contributed by atoms with Crippen molar-refractivity contribution in [1.29, 1.82) is 0 Å². The Labute approximate surface area is 418 Å². The van der Waals surface area contributed by atoms with E-state index in [2.05, 4.69) is 32.9 Å². The maximum absolute atomic E-state index is 12.8. The number of hydrogen-bond donors (Lipinski definition) is 0. The van der Waals surface area contributed by atoms with Gasteiger partial charge in [0.15, 0.2) is 6.10 Å². The van der Waals surface area contributed by atoms with Crippen molar-refractivity contribution in [3.63, 3.8) is 0 Å². The van der Waals surface area contributed by atoms with Crippen LogP contribution in [0.3, 0.4) is 0 Å². The Hall–Kier alpha value is -1.85. The van der Waals surface area contributed by atoms with Crippen LogP contribution in [0, 0.1) is 0 Å². The number of allylic oxidation sites excluding steroid dienone is 2. The van der Waals surface area contributed by atoms with Crippen molar-refractivity contribution in [1.82, 2.24) is 0 Å². The van der Waals surface area contributed by atoms with Crippen LogP contribution in [0.2, 0.25) is 0 Å². The molecular weight excluding hydrogens is 829 g/mol. The molecule has 0 aromatic heterocycles. The average molecular weight is 946 g/mol. The quantitative estimate of drug-likeness (QED) is 0.0262. The van der Waals surface area contributed by atoms with Crippen molar-refractivity contribution in [3.05, 3.63) is 12.2 Å². The fourth-order valence-electron chi connectivity index (χ4n) is 9.21. The van der Waals surface area contributed by atoms with Crippen molar-refractivity contribution in [2.75, 3.05) is 13.2 Å². The monoisotopic (exact) mass is 945 g/mol. The van der Waals surface area contributed by atoms with E-state index in [0.717, 1.165) is 64.2 Å². The van der Waals surface area contributed by atoms with Crippen LogP contribution in [-0.2, 0) is 28.6 Å². The number of esters is 3. The lowest BCUT2D eigenvalue weighted by Gasteiger charge is -2.18. The van der Waals surface area contributed by atoms with Crippen molar-refractivity contribution < 1.29 is 28.6 Å². The molecule has 0 saturated heterocycles. The third kappa shape index (κ3) is 55.0. The predicted octanol–water partition coefficient (Wildman–Crippen LogP) is 20.1. The third-order valence-electron chi connectivity index (χ3n) is 13.8. The van der Waals surface area contributed by atoms with Gasteiger partial charge in [0.2, 0.25) is 0 Å². The fraction of sp³-hybridized carbons (Fsp3) is 0.918. The maximum atomic E-state index is 12.8. The minimum Gasteiger partial charge on any atom is -0.462 e. The highest BCUT2D eigenvalue weighted by molar-refractivity contribution is 5.71. The normalized spacial score (nSPS) is 12.0. The standard InChI is InChI=1S/C61H116O6/c1-4-7-10-13-16-19-22-25-27-28-29-30-31-32-34-36-39-42-45-48-51-54-60(63)66-57-58(56-65-59(62)53-50-47-44-41-38-35-24-21-18-15-12-9-6-3)67-61(64)55-52-49-46-43-40-37-33-26-23-20-17-14-11-8-5-2/h26,33,58H,4-25,27-32,34-57H2,1-3H3/b33-26-. The van der Waals surface area contributed by atoms with Gasteiger partial charge in [-0.05, 0) is 44.9 Å². The molecule has 6 nitrogen and oxygen atoms in total. The van der Waals surface area contributed by atoms with Gasteiger partial charge in [-0.2, -0.15) is 0 Å². The van der Waals surface area contributed by atoms with E-state index >= 15 is 0 Å². The molecule has 0 aliphatic rings. The van der Waals surface area contributed by atoms with E-state index in [-0.39, 0.29) is 31.1 Å². The molecule has 0 aliphatic carbocycles. The molecular formula is C61H116O6. The van der Waals surface area contributed by atoms with Crippen molar-refractivity contribution >= 4 is 17.9 Å². The molecule has 0 amide bonds. The second kappa shape index (κ2) is 56.7. The van der Waals surface area contributed by atoms with Gasteiger partial charge in [0.1, 0.15) is 13.2 Å². The van der Waals surface area contributed by atoms with Crippen LogP contribution in [0.4, 0.5) is 0 Å². The molecule has 67 heavy (non-hydrogen) atoms. The summed E-state index contributed by atoms with van der Waals surface area (Å²) in [5.41, 5.74) is 0. The first-order valence-electron chi connectivity index (χ1n) is 30.2. The van der Waals surface area contributed by atoms with Gasteiger partial charge in [0, 0.05) is 19.3 Å². The molecule has 0 bridgehead atoms. The van der Waals surface area contributed by atoms with Gasteiger partial charge in [-0.15, -0.1) is 0 Å². The van der Waals surface area contributed by atoms with Crippen LogP contribution in [0.25, 0.3) is 0 Å². The van der Waals surface area contributed by atoms with E-state index < -0.39 is 6.10 Å². The fourth-order valence-corrected chi connectivity index (χ4v) is 9.21. The Morgan fingerprint density at radius 2 is 0.493 bits per heavy atom. The number of hydrogen-bond acceptors (Lipinski definition) is 6. The van der Waals surface area contributed by atoms with Gasteiger partial charge < -0.3 is 14.2 Å². The average Bonchev–Trinajstić information content (AvgIpc) is 3.33. The highest BCUT2D eigenvalue weighted by atomic mass is 16.6. The highest BCUT2D eigenvalue weighted by Gasteiger charge is 2.19. The molecule has 0 aromatic carbocycles. The Morgan fingerprint density at radius 1 is 0.284 bits per heavy atom. The molecule has 0 fully saturated rings. The van der Waals surface area contributed by atoms with Crippen LogP contribution < -0.4 is 0 Å². The van der Waals surface area contributed by atoms with E-state index in [4.69, 9.17) is 14.2 Å². The highest BCUT2D eigenvalue weighted by Crippen LogP contribution is 2.18. The van der Waals surface area contributed by atoms with Gasteiger partial charge in [0.05, 0.1) is 0 Å². The summed E-state index contributed by atoms with van der Waals surface area (Å²) < 4.78 is 16.9. The lowest BCUT2D eigenvalue weighted by Crippen LogP contribution is -2.30. The second-order valence-corrected chi connectivity index (χ2v) is 20.6. The van der Waals surface area contributed by atoms with Gasteiger partial charge in [0.25, 0.3) is 0 Å². The summed E-state index contributed by atoms with van der Waals surface area (Å²) in [5.74, 6) is -0.850. The Balaban J connectivity index is 4.26. The Bertz CT molecular complexity index is 1040. The van der Waals surface area contributed by atoms with Crippen LogP contribution >= 0.6 is 0 Å². The summed E-state index contributed by atoms with van der Waals surface area (Å²) in [5, 5.41) is 0. The van der Waals surface area contributed by atoms with Crippen LogP contribution in [0.5, 0.6) is 0 Å². The summed E-state index contributed by atoms with van der Waals surface area (Å²) in [6, 6.07) is 0. The van der Waals surface area contributed by atoms with Crippen molar-refractivity contribution in [2.24, 2.45) is 0 Å². The first kappa shape index (κ1) is 65.1. The molecule has 1 atom stereocenters. The number of carbonyl (C=O) groups is 3. The lowest BCUT2D eigenvalue weighted by molar-refractivity contribution is -0.167. The molecule has 1 unspecified atom stereocenters. The Morgan fingerprint density at radius 3 is 0.746 bits per heavy atom. The summed E-state index contributed by atoms with van der Waals surface area (Å²) in [7, 11) is 0. The molecule has 0 aliphatic heterocycles. The lowest BCUT2D eigenvalue weighted by atomic mass is 10.0. The first-order chi connectivity index (χ1) is 33.0. The molecule has 0 radical (unpaired) electrons. The van der Waals surface area contributed by atoms with Gasteiger partial charge in [-0.1, -0.05) is 290 Å². The van der Waals surface area contributed by atoms with Gasteiger partial charge in [-0.25, -0.2) is 0 Å².